The molecule has 3 nitrogen and oxygen atoms in total. The number of aromatic nitrogens is 1. The van der Waals surface area contributed by atoms with Crippen LogP contribution in [0.4, 0.5) is 5.69 Å². The Morgan fingerprint density at radius 3 is 2.71 bits per heavy atom. The summed E-state index contributed by atoms with van der Waals surface area (Å²) in [4.78, 5) is 6.61. The first kappa shape index (κ1) is 14.1. The SMILES string of the molecule is CC(C)C1CN(Cc2ccncc2)c2ccccc2CN1. The number of nitrogens with zero attached hydrogens (tertiary/aromatic N) is 2. The van der Waals surface area contributed by atoms with E-state index in [0.717, 1.165) is 19.6 Å². The highest BCUT2D eigenvalue weighted by molar-refractivity contribution is 5.55. The van der Waals surface area contributed by atoms with E-state index in [9.17, 15) is 0 Å². The van der Waals surface area contributed by atoms with Gasteiger partial charge in [-0.15, -0.1) is 0 Å². The van der Waals surface area contributed by atoms with E-state index in [-0.39, 0.29) is 0 Å². The van der Waals surface area contributed by atoms with Crippen LogP contribution in [0.2, 0.25) is 0 Å². The normalized spacial score (nSPS) is 18.4. The summed E-state index contributed by atoms with van der Waals surface area (Å²) in [7, 11) is 0. The molecule has 110 valence electrons. The first-order chi connectivity index (χ1) is 10.2. The zero-order valence-electron chi connectivity index (χ0n) is 12.8. The summed E-state index contributed by atoms with van der Waals surface area (Å²) in [5.41, 5.74) is 4.05. The number of para-hydroxylation sites is 1. The first-order valence-electron chi connectivity index (χ1n) is 7.69. The van der Waals surface area contributed by atoms with E-state index in [1.54, 1.807) is 0 Å². The maximum Gasteiger partial charge on any atom is 0.0431 e. The van der Waals surface area contributed by atoms with Crippen LogP contribution in [-0.2, 0) is 13.1 Å². The maximum atomic E-state index is 4.11. The Morgan fingerprint density at radius 2 is 1.95 bits per heavy atom. The zero-order chi connectivity index (χ0) is 14.7. The third kappa shape index (κ3) is 3.24. The highest BCUT2D eigenvalue weighted by Gasteiger charge is 2.23. The molecule has 1 unspecified atom stereocenters. The number of pyridine rings is 1. The molecule has 0 spiro atoms. The van der Waals surface area contributed by atoms with Gasteiger partial charge in [-0.25, -0.2) is 0 Å². The quantitative estimate of drug-likeness (QED) is 0.936. The van der Waals surface area contributed by atoms with Gasteiger partial charge in [0.25, 0.3) is 0 Å². The van der Waals surface area contributed by atoms with Crippen molar-refractivity contribution >= 4 is 5.69 Å². The molecule has 0 bridgehead atoms. The molecule has 1 atom stereocenters. The summed E-state index contributed by atoms with van der Waals surface area (Å²) in [6, 6.07) is 13.4. The van der Waals surface area contributed by atoms with Crippen LogP contribution in [0, 0.1) is 5.92 Å². The van der Waals surface area contributed by atoms with Gasteiger partial charge < -0.3 is 10.2 Å². The lowest BCUT2D eigenvalue weighted by molar-refractivity contribution is 0.403. The first-order valence-corrected chi connectivity index (χ1v) is 7.69. The minimum atomic E-state index is 0.513. The summed E-state index contributed by atoms with van der Waals surface area (Å²) in [6.45, 7) is 7.50. The monoisotopic (exact) mass is 281 g/mol. The second kappa shape index (κ2) is 6.27. The molecule has 1 aromatic carbocycles. The average Bonchev–Trinajstić information content (AvgIpc) is 2.69. The summed E-state index contributed by atoms with van der Waals surface area (Å²) < 4.78 is 0. The van der Waals surface area contributed by atoms with Crippen molar-refractivity contribution in [1.29, 1.82) is 0 Å². The molecule has 2 heterocycles. The lowest BCUT2D eigenvalue weighted by Gasteiger charge is -2.29. The van der Waals surface area contributed by atoms with E-state index >= 15 is 0 Å². The average molecular weight is 281 g/mol. The van der Waals surface area contributed by atoms with E-state index < -0.39 is 0 Å². The number of fused-ring (bicyclic) bond motifs is 1. The molecular weight excluding hydrogens is 258 g/mol. The van der Waals surface area contributed by atoms with Gasteiger partial charge in [-0.1, -0.05) is 32.0 Å². The Kier molecular flexibility index (Phi) is 4.20. The molecule has 1 aliphatic heterocycles. The Bertz CT molecular complexity index is 580. The van der Waals surface area contributed by atoms with E-state index in [0.29, 0.717) is 12.0 Å². The maximum absolute atomic E-state index is 4.11. The van der Waals surface area contributed by atoms with Gasteiger partial charge in [0.1, 0.15) is 0 Å². The van der Waals surface area contributed by atoms with E-state index in [1.807, 2.05) is 12.4 Å². The Morgan fingerprint density at radius 1 is 1.19 bits per heavy atom. The van der Waals surface area contributed by atoms with E-state index in [4.69, 9.17) is 0 Å². The van der Waals surface area contributed by atoms with Gasteiger partial charge in [-0.2, -0.15) is 0 Å². The van der Waals surface area contributed by atoms with Gasteiger partial charge in [0, 0.05) is 43.8 Å². The van der Waals surface area contributed by atoms with Crippen LogP contribution in [0.3, 0.4) is 0 Å². The Labute approximate surface area is 127 Å². The van der Waals surface area contributed by atoms with Crippen molar-refractivity contribution in [3.63, 3.8) is 0 Å². The topological polar surface area (TPSA) is 28.2 Å². The molecule has 0 radical (unpaired) electrons. The molecule has 1 aromatic heterocycles. The van der Waals surface area contributed by atoms with Crippen molar-refractivity contribution in [3.05, 3.63) is 59.9 Å². The van der Waals surface area contributed by atoms with E-state index in [1.165, 1.54) is 16.8 Å². The van der Waals surface area contributed by atoms with Crippen LogP contribution in [0.1, 0.15) is 25.0 Å². The molecule has 0 amide bonds. The Balaban J connectivity index is 1.90. The predicted octanol–water partition coefficient (Wildman–Crippen LogP) is 3.22. The highest BCUT2D eigenvalue weighted by Crippen LogP contribution is 2.26. The molecule has 0 fully saturated rings. The summed E-state index contributed by atoms with van der Waals surface area (Å²) in [5, 5.41) is 3.70. The van der Waals surface area contributed by atoms with Crippen LogP contribution in [-0.4, -0.2) is 17.6 Å². The van der Waals surface area contributed by atoms with Gasteiger partial charge in [0.2, 0.25) is 0 Å². The molecule has 0 aliphatic carbocycles. The van der Waals surface area contributed by atoms with Gasteiger partial charge >= 0.3 is 0 Å². The summed E-state index contributed by atoms with van der Waals surface area (Å²) >= 11 is 0. The van der Waals surface area contributed by atoms with Crippen molar-refractivity contribution in [1.82, 2.24) is 10.3 Å². The van der Waals surface area contributed by atoms with Crippen LogP contribution < -0.4 is 10.2 Å². The van der Waals surface area contributed by atoms with Gasteiger partial charge in [-0.05, 0) is 35.2 Å². The molecule has 0 saturated heterocycles. The number of rotatable bonds is 3. The number of hydrogen-bond acceptors (Lipinski definition) is 3. The van der Waals surface area contributed by atoms with E-state index in [2.05, 4.69) is 65.4 Å². The molecule has 3 heteroatoms. The second-order valence-electron chi connectivity index (χ2n) is 6.10. The molecule has 3 rings (SSSR count). The Hall–Kier alpha value is -1.87. The van der Waals surface area contributed by atoms with Crippen LogP contribution in [0.5, 0.6) is 0 Å². The largest absolute Gasteiger partial charge is 0.365 e. The van der Waals surface area contributed by atoms with Gasteiger partial charge in [-0.3, -0.25) is 4.98 Å². The lowest BCUT2D eigenvalue weighted by atomic mass is 10.0. The number of anilines is 1. The molecule has 2 aromatic rings. The molecular formula is C18H23N3. The molecule has 1 aliphatic rings. The number of hydrogen-bond donors (Lipinski definition) is 1. The van der Waals surface area contributed by atoms with Crippen molar-refractivity contribution in [2.45, 2.75) is 33.0 Å². The number of benzene rings is 1. The van der Waals surface area contributed by atoms with Crippen molar-refractivity contribution in [3.8, 4) is 0 Å². The standard InChI is InChI=1S/C18H23N3/c1-14(2)17-13-21(12-15-7-9-19-10-8-15)18-6-4-3-5-16(18)11-20-17/h3-10,14,17,20H,11-13H2,1-2H3. The minimum Gasteiger partial charge on any atom is -0.365 e. The predicted molar refractivity (Wildman–Crippen MR) is 87.2 cm³/mol. The van der Waals surface area contributed by atoms with Crippen LogP contribution in [0.15, 0.2) is 48.8 Å². The molecule has 0 saturated carbocycles. The fourth-order valence-electron chi connectivity index (χ4n) is 2.92. The molecule has 21 heavy (non-hydrogen) atoms. The van der Waals surface area contributed by atoms with Gasteiger partial charge in [0.15, 0.2) is 0 Å². The summed E-state index contributed by atoms with van der Waals surface area (Å²) in [6.07, 6.45) is 3.74. The second-order valence-corrected chi connectivity index (χ2v) is 6.10. The van der Waals surface area contributed by atoms with Crippen LogP contribution in [0.25, 0.3) is 0 Å². The lowest BCUT2D eigenvalue weighted by Crippen LogP contribution is -2.41. The van der Waals surface area contributed by atoms with Crippen molar-refractivity contribution in [2.24, 2.45) is 5.92 Å². The van der Waals surface area contributed by atoms with Gasteiger partial charge in [0.05, 0.1) is 0 Å². The highest BCUT2D eigenvalue weighted by atomic mass is 15.2. The summed E-state index contributed by atoms with van der Waals surface area (Å²) in [5.74, 6) is 0.624. The molecule has 1 N–H and O–H groups in total. The zero-order valence-corrected chi connectivity index (χ0v) is 12.8. The fourth-order valence-corrected chi connectivity index (χ4v) is 2.92. The smallest absolute Gasteiger partial charge is 0.0431 e. The number of nitrogens with one attached hydrogen (secondary N) is 1. The van der Waals surface area contributed by atoms with Crippen LogP contribution >= 0.6 is 0 Å². The fraction of sp³-hybridized carbons (Fsp3) is 0.389. The van der Waals surface area contributed by atoms with Crippen molar-refractivity contribution in [2.75, 3.05) is 11.4 Å². The van der Waals surface area contributed by atoms with Crippen molar-refractivity contribution < 1.29 is 0 Å². The third-order valence-corrected chi connectivity index (χ3v) is 4.23. The third-order valence-electron chi connectivity index (χ3n) is 4.23. The minimum absolute atomic E-state index is 0.513.